The normalized spacial score (nSPS) is 11.1. The molecule has 20 heavy (non-hydrogen) atoms. The van der Waals surface area contributed by atoms with Crippen LogP contribution in [0, 0.1) is 0 Å². The second-order valence-electron chi connectivity index (χ2n) is 4.12. The van der Waals surface area contributed by atoms with Crippen molar-refractivity contribution in [3.8, 4) is 5.75 Å². The number of rotatable bonds is 6. The van der Waals surface area contributed by atoms with Gasteiger partial charge in [0.1, 0.15) is 17.6 Å². The molecule has 0 heterocycles. The van der Waals surface area contributed by atoms with E-state index in [0.29, 0.717) is 18.0 Å². The first-order valence-corrected chi connectivity index (χ1v) is 8.11. The molecule has 0 amide bonds. The topological polar surface area (TPSA) is 55.4 Å². The van der Waals surface area contributed by atoms with Crippen molar-refractivity contribution in [1.29, 1.82) is 0 Å². The minimum Gasteiger partial charge on any atom is -0.489 e. The third-order valence-corrected chi connectivity index (χ3v) is 4.22. The van der Waals surface area contributed by atoms with Gasteiger partial charge in [0.2, 0.25) is 10.0 Å². The highest BCUT2D eigenvalue weighted by Gasteiger charge is 2.07. The molecule has 0 aromatic heterocycles. The van der Waals surface area contributed by atoms with Gasteiger partial charge in [0, 0.05) is 5.69 Å². The summed E-state index contributed by atoms with van der Waals surface area (Å²) in [5.41, 5.74) is 1.53. The van der Waals surface area contributed by atoms with Gasteiger partial charge in [-0.25, -0.2) is 8.42 Å². The lowest BCUT2D eigenvalue weighted by molar-refractivity contribution is 0.306. The van der Waals surface area contributed by atoms with Crippen LogP contribution in [0.1, 0.15) is 5.56 Å². The first kappa shape index (κ1) is 14.7. The minimum atomic E-state index is -3.47. The lowest BCUT2D eigenvalue weighted by atomic mass is 10.2. The SMILES string of the molecule is O=S(=O)(CCl)Nc1ccc(OCc2ccccc2)cc1. The molecule has 0 spiro atoms. The van der Waals surface area contributed by atoms with Crippen LogP contribution in [0.15, 0.2) is 54.6 Å². The maximum Gasteiger partial charge on any atom is 0.246 e. The lowest BCUT2D eigenvalue weighted by Gasteiger charge is -2.08. The standard InChI is InChI=1S/C14H14ClNO3S/c15-11-20(17,18)16-13-6-8-14(9-7-13)19-10-12-4-2-1-3-5-12/h1-9,16H,10-11H2. The van der Waals surface area contributed by atoms with E-state index in [4.69, 9.17) is 16.3 Å². The molecule has 4 nitrogen and oxygen atoms in total. The van der Waals surface area contributed by atoms with Crippen molar-refractivity contribution in [3.63, 3.8) is 0 Å². The Morgan fingerprint density at radius 3 is 2.25 bits per heavy atom. The van der Waals surface area contributed by atoms with Gasteiger partial charge in [-0.15, -0.1) is 11.6 Å². The summed E-state index contributed by atoms with van der Waals surface area (Å²) in [6, 6.07) is 16.5. The average molecular weight is 312 g/mol. The van der Waals surface area contributed by atoms with Gasteiger partial charge in [-0.2, -0.15) is 0 Å². The molecule has 0 bridgehead atoms. The van der Waals surface area contributed by atoms with Crippen molar-refractivity contribution in [3.05, 3.63) is 60.2 Å². The fraction of sp³-hybridized carbons (Fsp3) is 0.143. The summed E-state index contributed by atoms with van der Waals surface area (Å²) in [5, 5.41) is -0.473. The Bertz CT molecular complexity index is 642. The predicted octanol–water partition coefficient (Wildman–Crippen LogP) is 3.20. The number of nitrogens with one attached hydrogen (secondary N) is 1. The van der Waals surface area contributed by atoms with Crippen LogP contribution in [0.5, 0.6) is 5.75 Å². The third-order valence-electron chi connectivity index (χ3n) is 2.52. The first-order valence-electron chi connectivity index (χ1n) is 5.92. The van der Waals surface area contributed by atoms with Crippen LogP contribution in [0.2, 0.25) is 0 Å². The molecule has 0 unspecified atom stereocenters. The van der Waals surface area contributed by atoms with Crippen molar-refractivity contribution in [2.45, 2.75) is 6.61 Å². The van der Waals surface area contributed by atoms with Crippen molar-refractivity contribution in [2.24, 2.45) is 0 Å². The number of hydrogen-bond donors (Lipinski definition) is 1. The smallest absolute Gasteiger partial charge is 0.246 e. The maximum absolute atomic E-state index is 11.3. The van der Waals surface area contributed by atoms with E-state index in [1.165, 1.54) is 0 Å². The van der Waals surface area contributed by atoms with Crippen molar-refractivity contribution < 1.29 is 13.2 Å². The van der Waals surface area contributed by atoms with E-state index in [1.54, 1.807) is 24.3 Å². The number of hydrogen-bond acceptors (Lipinski definition) is 3. The van der Waals surface area contributed by atoms with Gasteiger partial charge in [0.05, 0.1) is 0 Å². The molecule has 2 rings (SSSR count). The molecule has 2 aromatic carbocycles. The van der Waals surface area contributed by atoms with Gasteiger partial charge in [-0.1, -0.05) is 30.3 Å². The Morgan fingerprint density at radius 1 is 1.00 bits per heavy atom. The molecular weight excluding hydrogens is 298 g/mol. The molecule has 6 heteroatoms. The van der Waals surface area contributed by atoms with E-state index >= 15 is 0 Å². The largest absolute Gasteiger partial charge is 0.489 e. The fourth-order valence-electron chi connectivity index (χ4n) is 1.57. The van der Waals surface area contributed by atoms with Crippen LogP contribution in [0.25, 0.3) is 0 Å². The number of ether oxygens (including phenoxy) is 1. The predicted molar refractivity (Wildman–Crippen MR) is 80.5 cm³/mol. The molecule has 0 aliphatic carbocycles. The molecular formula is C14H14ClNO3S. The monoisotopic (exact) mass is 311 g/mol. The zero-order valence-corrected chi connectivity index (χ0v) is 12.2. The molecule has 0 saturated carbocycles. The van der Waals surface area contributed by atoms with Gasteiger partial charge in [0.15, 0.2) is 0 Å². The number of alkyl halides is 1. The van der Waals surface area contributed by atoms with Crippen LogP contribution >= 0.6 is 11.6 Å². The van der Waals surface area contributed by atoms with Gasteiger partial charge in [-0.05, 0) is 29.8 Å². The number of sulfonamides is 1. The molecule has 0 fully saturated rings. The molecule has 0 radical (unpaired) electrons. The van der Waals surface area contributed by atoms with E-state index in [9.17, 15) is 8.42 Å². The van der Waals surface area contributed by atoms with Crippen molar-refractivity contribution >= 4 is 27.3 Å². The zero-order valence-electron chi connectivity index (χ0n) is 10.6. The van der Waals surface area contributed by atoms with Crippen LogP contribution in [-0.4, -0.2) is 13.6 Å². The van der Waals surface area contributed by atoms with Gasteiger partial charge < -0.3 is 4.74 Å². The molecule has 0 saturated heterocycles. The fourth-order valence-corrected chi connectivity index (χ4v) is 2.28. The highest BCUT2D eigenvalue weighted by molar-refractivity contribution is 7.93. The first-order chi connectivity index (χ1) is 9.59. The Morgan fingerprint density at radius 2 is 1.65 bits per heavy atom. The summed E-state index contributed by atoms with van der Waals surface area (Å²) in [4.78, 5) is 0. The van der Waals surface area contributed by atoms with Crippen LogP contribution < -0.4 is 9.46 Å². The van der Waals surface area contributed by atoms with Gasteiger partial charge >= 0.3 is 0 Å². The Labute approximate surface area is 123 Å². The second kappa shape index (κ2) is 6.63. The second-order valence-corrected chi connectivity index (χ2v) is 6.43. The molecule has 2 aromatic rings. The van der Waals surface area contributed by atoms with Crippen LogP contribution in [0.3, 0.4) is 0 Å². The summed E-state index contributed by atoms with van der Waals surface area (Å²) >= 11 is 5.32. The van der Waals surface area contributed by atoms with E-state index in [2.05, 4.69) is 4.72 Å². The van der Waals surface area contributed by atoms with Crippen molar-refractivity contribution in [1.82, 2.24) is 0 Å². The Balaban J connectivity index is 1.95. The van der Waals surface area contributed by atoms with Gasteiger partial charge in [-0.3, -0.25) is 4.72 Å². The van der Waals surface area contributed by atoms with Crippen molar-refractivity contribution in [2.75, 3.05) is 9.93 Å². The van der Waals surface area contributed by atoms with Crippen LogP contribution in [0.4, 0.5) is 5.69 Å². The minimum absolute atomic E-state index is 0.456. The summed E-state index contributed by atoms with van der Waals surface area (Å²) in [5.74, 6) is 0.669. The molecule has 0 aliphatic rings. The van der Waals surface area contributed by atoms with Gasteiger partial charge in [0.25, 0.3) is 0 Å². The molecule has 106 valence electrons. The number of halogens is 1. The van der Waals surface area contributed by atoms with E-state index < -0.39 is 15.2 Å². The Hall–Kier alpha value is -1.72. The quantitative estimate of drug-likeness (QED) is 0.833. The lowest BCUT2D eigenvalue weighted by Crippen LogP contribution is -2.13. The molecule has 0 aliphatic heterocycles. The Kier molecular flexibility index (Phi) is 4.87. The molecule has 0 atom stereocenters. The summed E-state index contributed by atoms with van der Waals surface area (Å²) in [6.45, 7) is 0.466. The highest BCUT2D eigenvalue weighted by Crippen LogP contribution is 2.18. The zero-order chi connectivity index (χ0) is 14.4. The summed E-state index contributed by atoms with van der Waals surface area (Å²) in [7, 11) is -3.47. The van der Waals surface area contributed by atoms with Crippen LogP contribution in [-0.2, 0) is 16.6 Å². The van der Waals surface area contributed by atoms with E-state index in [1.807, 2.05) is 30.3 Å². The van der Waals surface area contributed by atoms with E-state index in [-0.39, 0.29) is 0 Å². The summed E-state index contributed by atoms with van der Waals surface area (Å²) < 4.78 is 30.5. The highest BCUT2D eigenvalue weighted by atomic mass is 35.5. The summed E-state index contributed by atoms with van der Waals surface area (Å²) in [6.07, 6.45) is 0. The number of benzene rings is 2. The molecule has 1 N–H and O–H groups in total. The average Bonchev–Trinajstić information content (AvgIpc) is 2.47. The van der Waals surface area contributed by atoms with E-state index in [0.717, 1.165) is 5.56 Å². The third kappa shape index (κ3) is 4.43. The maximum atomic E-state index is 11.3. The number of anilines is 1.